The molecule has 0 spiro atoms. The molecule has 0 fully saturated rings. The van der Waals surface area contributed by atoms with Crippen LogP contribution in [0.1, 0.15) is 24.2 Å². The van der Waals surface area contributed by atoms with Crippen molar-refractivity contribution in [2.75, 3.05) is 31.6 Å². The third kappa shape index (κ3) is 4.96. The molecule has 0 aliphatic carbocycles. The predicted octanol–water partition coefficient (Wildman–Crippen LogP) is 1.98. The second-order valence-electron chi connectivity index (χ2n) is 4.24. The van der Waals surface area contributed by atoms with Gasteiger partial charge in [-0.2, -0.15) is 0 Å². The standard InChI is InChI=1S/C14H20N2O5/c1-3-16(7-8-21-4-2)14(20)15-12-6-5-10(17)9-11(12)13(18)19/h5-6,9,17H,3-4,7-8H2,1-2H3,(H,15,20)(H,18,19). The van der Waals surface area contributed by atoms with Crippen LogP contribution in [0.5, 0.6) is 5.75 Å². The first-order chi connectivity index (χ1) is 9.99. The lowest BCUT2D eigenvalue weighted by Crippen LogP contribution is -2.37. The zero-order valence-corrected chi connectivity index (χ0v) is 12.1. The van der Waals surface area contributed by atoms with Crippen LogP contribution in [0, 0.1) is 0 Å². The fourth-order valence-electron chi connectivity index (χ4n) is 1.73. The SMILES string of the molecule is CCOCCN(CC)C(=O)Nc1ccc(O)cc1C(=O)O. The van der Waals surface area contributed by atoms with Crippen molar-refractivity contribution >= 4 is 17.7 Å². The lowest BCUT2D eigenvalue weighted by Gasteiger charge is -2.21. The lowest BCUT2D eigenvalue weighted by atomic mass is 10.1. The summed E-state index contributed by atoms with van der Waals surface area (Å²) in [6, 6.07) is 3.35. The molecule has 3 N–H and O–H groups in total. The Morgan fingerprint density at radius 3 is 2.62 bits per heavy atom. The monoisotopic (exact) mass is 296 g/mol. The molecule has 0 unspecified atom stereocenters. The van der Waals surface area contributed by atoms with Crippen molar-refractivity contribution in [3.05, 3.63) is 23.8 Å². The van der Waals surface area contributed by atoms with E-state index in [0.29, 0.717) is 26.3 Å². The number of phenolic OH excluding ortho intramolecular Hbond substituents is 1. The van der Waals surface area contributed by atoms with Crippen molar-refractivity contribution in [2.24, 2.45) is 0 Å². The quantitative estimate of drug-likeness (QED) is 0.528. The summed E-state index contributed by atoms with van der Waals surface area (Å²) in [5.41, 5.74) is -0.0237. The molecule has 0 aromatic heterocycles. The number of anilines is 1. The first-order valence-electron chi connectivity index (χ1n) is 6.69. The molecule has 1 rings (SSSR count). The fraction of sp³-hybridized carbons (Fsp3) is 0.429. The molecule has 0 saturated heterocycles. The van der Waals surface area contributed by atoms with Gasteiger partial charge in [0, 0.05) is 19.7 Å². The van der Waals surface area contributed by atoms with Gasteiger partial charge in [-0.3, -0.25) is 0 Å². The third-order valence-corrected chi connectivity index (χ3v) is 2.85. The summed E-state index contributed by atoms with van der Waals surface area (Å²) in [5.74, 6) is -1.40. The minimum atomic E-state index is -1.22. The molecule has 7 nitrogen and oxygen atoms in total. The molecule has 1 aromatic rings. The normalized spacial score (nSPS) is 10.2. The maximum Gasteiger partial charge on any atom is 0.337 e. The zero-order chi connectivity index (χ0) is 15.8. The number of ether oxygens (including phenoxy) is 1. The van der Waals surface area contributed by atoms with Crippen molar-refractivity contribution in [3.8, 4) is 5.75 Å². The Labute approximate surface area is 123 Å². The molecule has 0 aliphatic rings. The van der Waals surface area contributed by atoms with E-state index < -0.39 is 12.0 Å². The van der Waals surface area contributed by atoms with E-state index in [1.807, 2.05) is 13.8 Å². The van der Waals surface area contributed by atoms with Gasteiger partial charge < -0.3 is 25.2 Å². The van der Waals surface area contributed by atoms with Gasteiger partial charge in [-0.05, 0) is 32.0 Å². The van der Waals surface area contributed by atoms with Crippen LogP contribution in [0.2, 0.25) is 0 Å². The van der Waals surface area contributed by atoms with Crippen molar-refractivity contribution in [1.82, 2.24) is 4.90 Å². The van der Waals surface area contributed by atoms with Crippen molar-refractivity contribution < 1.29 is 24.5 Å². The van der Waals surface area contributed by atoms with Crippen LogP contribution in [0.15, 0.2) is 18.2 Å². The van der Waals surface area contributed by atoms with E-state index in [1.54, 1.807) is 0 Å². The summed E-state index contributed by atoms with van der Waals surface area (Å²) < 4.78 is 5.20. The predicted molar refractivity (Wildman–Crippen MR) is 77.8 cm³/mol. The number of amides is 2. The van der Waals surface area contributed by atoms with Crippen LogP contribution in [0.3, 0.4) is 0 Å². The molecule has 21 heavy (non-hydrogen) atoms. The first-order valence-corrected chi connectivity index (χ1v) is 6.69. The minimum absolute atomic E-state index is 0.139. The first kappa shape index (κ1) is 16.8. The van der Waals surface area contributed by atoms with E-state index in [-0.39, 0.29) is 17.0 Å². The van der Waals surface area contributed by atoms with Crippen LogP contribution in [-0.4, -0.2) is 53.4 Å². The van der Waals surface area contributed by atoms with Gasteiger partial charge in [0.2, 0.25) is 0 Å². The van der Waals surface area contributed by atoms with Crippen LogP contribution < -0.4 is 5.32 Å². The number of carbonyl (C=O) groups excluding carboxylic acids is 1. The van der Waals surface area contributed by atoms with Gasteiger partial charge in [0.25, 0.3) is 0 Å². The molecule has 0 aliphatic heterocycles. The summed E-state index contributed by atoms with van der Waals surface area (Å²) in [6.45, 7) is 5.56. The highest BCUT2D eigenvalue weighted by Crippen LogP contribution is 2.21. The Morgan fingerprint density at radius 1 is 1.33 bits per heavy atom. The van der Waals surface area contributed by atoms with Gasteiger partial charge in [0.15, 0.2) is 0 Å². The number of aromatic carboxylic acids is 1. The highest BCUT2D eigenvalue weighted by molar-refractivity contribution is 6.00. The van der Waals surface area contributed by atoms with Crippen molar-refractivity contribution in [1.29, 1.82) is 0 Å². The smallest absolute Gasteiger partial charge is 0.337 e. The van der Waals surface area contributed by atoms with Gasteiger partial charge in [-0.15, -0.1) is 0 Å². The maximum atomic E-state index is 12.1. The number of aromatic hydroxyl groups is 1. The molecule has 0 heterocycles. The Hall–Kier alpha value is -2.28. The Bertz CT molecular complexity index is 504. The number of carbonyl (C=O) groups is 2. The number of carboxylic acid groups (broad SMARTS) is 1. The van der Waals surface area contributed by atoms with Crippen LogP contribution in [0.4, 0.5) is 10.5 Å². The van der Waals surface area contributed by atoms with E-state index in [9.17, 15) is 14.7 Å². The van der Waals surface area contributed by atoms with Gasteiger partial charge in [-0.1, -0.05) is 0 Å². The summed E-state index contributed by atoms with van der Waals surface area (Å²) >= 11 is 0. The number of rotatable bonds is 7. The second-order valence-corrected chi connectivity index (χ2v) is 4.24. The number of benzene rings is 1. The number of likely N-dealkylation sites (N-methyl/N-ethyl adjacent to an activating group) is 1. The van der Waals surface area contributed by atoms with E-state index in [0.717, 1.165) is 6.07 Å². The van der Waals surface area contributed by atoms with Gasteiger partial charge in [0.1, 0.15) is 5.75 Å². The summed E-state index contributed by atoms with van der Waals surface area (Å²) in [4.78, 5) is 24.7. The Balaban J connectivity index is 2.79. The third-order valence-electron chi connectivity index (χ3n) is 2.85. The van der Waals surface area contributed by atoms with E-state index >= 15 is 0 Å². The van der Waals surface area contributed by atoms with Gasteiger partial charge >= 0.3 is 12.0 Å². The van der Waals surface area contributed by atoms with Crippen molar-refractivity contribution in [2.45, 2.75) is 13.8 Å². The number of nitrogens with one attached hydrogen (secondary N) is 1. The Morgan fingerprint density at radius 2 is 2.05 bits per heavy atom. The van der Waals surface area contributed by atoms with Gasteiger partial charge in [0.05, 0.1) is 17.9 Å². The number of hydrogen-bond acceptors (Lipinski definition) is 4. The molecule has 0 atom stereocenters. The summed E-state index contributed by atoms with van der Waals surface area (Å²) in [5, 5.41) is 20.9. The summed E-state index contributed by atoms with van der Waals surface area (Å²) in [6.07, 6.45) is 0. The topological polar surface area (TPSA) is 99.1 Å². The molecule has 0 bridgehead atoms. The fourth-order valence-corrected chi connectivity index (χ4v) is 1.73. The minimum Gasteiger partial charge on any atom is -0.508 e. The number of hydrogen-bond donors (Lipinski definition) is 3. The Kier molecular flexibility index (Phi) is 6.48. The second kappa shape index (κ2) is 8.11. The number of phenols is 1. The van der Waals surface area contributed by atoms with E-state index in [1.165, 1.54) is 17.0 Å². The highest BCUT2D eigenvalue weighted by Gasteiger charge is 2.16. The van der Waals surface area contributed by atoms with E-state index in [4.69, 9.17) is 9.84 Å². The molecular formula is C14H20N2O5. The number of nitrogens with zero attached hydrogens (tertiary/aromatic N) is 1. The van der Waals surface area contributed by atoms with E-state index in [2.05, 4.69) is 5.32 Å². The molecule has 1 aromatic carbocycles. The maximum absolute atomic E-state index is 12.1. The molecular weight excluding hydrogens is 276 g/mol. The highest BCUT2D eigenvalue weighted by atomic mass is 16.5. The molecule has 0 radical (unpaired) electrons. The number of carboxylic acids is 1. The van der Waals surface area contributed by atoms with Crippen molar-refractivity contribution in [3.63, 3.8) is 0 Å². The largest absolute Gasteiger partial charge is 0.508 e. The van der Waals surface area contributed by atoms with Gasteiger partial charge in [-0.25, -0.2) is 9.59 Å². The average molecular weight is 296 g/mol. The van der Waals surface area contributed by atoms with Crippen LogP contribution in [0.25, 0.3) is 0 Å². The molecule has 2 amide bonds. The summed E-state index contributed by atoms with van der Waals surface area (Å²) in [7, 11) is 0. The zero-order valence-electron chi connectivity index (χ0n) is 12.1. The van der Waals surface area contributed by atoms with Crippen LogP contribution >= 0.6 is 0 Å². The molecule has 116 valence electrons. The molecule has 7 heteroatoms. The van der Waals surface area contributed by atoms with Crippen LogP contribution in [-0.2, 0) is 4.74 Å². The number of urea groups is 1. The average Bonchev–Trinajstić information content (AvgIpc) is 2.45. The lowest BCUT2D eigenvalue weighted by molar-refractivity contribution is 0.0697. The molecule has 0 saturated carbocycles.